The zero-order chi connectivity index (χ0) is 22.1. The lowest BCUT2D eigenvalue weighted by Crippen LogP contribution is -2.12. The Bertz CT molecular complexity index is 953. The van der Waals surface area contributed by atoms with Crippen LogP contribution in [0.3, 0.4) is 0 Å². The average Bonchev–Trinajstić information content (AvgIpc) is 3.19. The van der Waals surface area contributed by atoms with Crippen molar-refractivity contribution < 1.29 is 13.9 Å². The van der Waals surface area contributed by atoms with Gasteiger partial charge in [-0.3, -0.25) is 10.1 Å². The van der Waals surface area contributed by atoms with E-state index in [1.54, 1.807) is 24.3 Å². The van der Waals surface area contributed by atoms with Gasteiger partial charge < -0.3 is 9.15 Å². The number of rotatable bonds is 11. The van der Waals surface area contributed by atoms with Crippen LogP contribution in [-0.2, 0) is 6.42 Å². The molecule has 0 bridgehead atoms. The van der Waals surface area contributed by atoms with Crippen molar-refractivity contribution in [3.05, 3.63) is 65.5 Å². The van der Waals surface area contributed by atoms with Crippen LogP contribution < -0.4 is 10.1 Å². The summed E-state index contributed by atoms with van der Waals surface area (Å²) in [5.74, 6) is 0.906. The number of unbranched alkanes of at least 4 members (excludes halogenated alkanes) is 2. The van der Waals surface area contributed by atoms with E-state index in [1.807, 2.05) is 11.8 Å². The van der Waals surface area contributed by atoms with Crippen LogP contribution in [-0.4, -0.2) is 28.0 Å². The van der Waals surface area contributed by atoms with E-state index in [0.717, 1.165) is 30.6 Å². The van der Waals surface area contributed by atoms with Gasteiger partial charge >= 0.3 is 6.01 Å². The molecule has 0 aliphatic rings. The molecule has 2 aromatic carbocycles. The van der Waals surface area contributed by atoms with Gasteiger partial charge in [0.25, 0.3) is 5.91 Å². The summed E-state index contributed by atoms with van der Waals surface area (Å²) in [6.07, 6.45) is 3.84. The summed E-state index contributed by atoms with van der Waals surface area (Å²) in [4.78, 5) is 13.7. The quantitative estimate of drug-likeness (QED) is 0.292. The summed E-state index contributed by atoms with van der Waals surface area (Å²) in [7, 11) is 0. The lowest BCUT2D eigenvalue weighted by atomic mass is 10.1. The Kier molecular flexibility index (Phi) is 8.53. The third kappa shape index (κ3) is 7.43. The van der Waals surface area contributed by atoms with Gasteiger partial charge in [-0.15, -0.1) is 16.9 Å². The molecular weight excluding hydrogens is 410 g/mol. The predicted octanol–water partition coefficient (Wildman–Crippen LogP) is 5.98. The molecule has 164 valence electrons. The second-order valence-electron chi connectivity index (χ2n) is 7.52. The summed E-state index contributed by atoms with van der Waals surface area (Å²) in [6.45, 7) is 7.18. The molecule has 6 nitrogen and oxygen atoms in total. The molecule has 0 aliphatic carbocycles. The molecule has 0 radical (unpaired) electrons. The topological polar surface area (TPSA) is 77.2 Å². The fourth-order valence-electron chi connectivity index (χ4n) is 2.92. The molecule has 31 heavy (non-hydrogen) atoms. The first kappa shape index (κ1) is 22.9. The number of carbonyl (C=O) groups excluding carboxylic acids is 1. The molecular formula is C24H29N3O3S. The molecule has 3 rings (SSSR count). The highest BCUT2D eigenvalue weighted by Gasteiger charge is 2.12. The number of amides is 1. The summed E-state index contributed by atoms with van der Waals surface area (Å²) in [5, 5.41) is 11.2. The van der Waals surface area contributed by atoms with Gasteiger partial charge in [0.15, 0.2) is 0 Å². The van der Waals surface area contributed by atoms with E-state index in [2.05, 4.69) is 60.6 Å². The van der Waals surface area contributed by atoms with E-state index in [0.29, 0.717) is 29.7 Å². The van der Waals surface area contributed by atoms with Crippen molar-refractivity contribution >= 4 is 23.7 Å². The van der Waals surface area contributed by atoms with Gasteiger partial charge in [0.1, 0.15) is 5.75 Å². The first-order valence-electron chi connectivity index (χ1n) is 10.7. The van der Waals surface area contributed by atoms with Crippen molar-refractivity contribution in [2.45, 2.75) is 56.6 Å². The highest BCUT2D eigenvalue weighted by Crippen LogP contribution is 2.23. The molecule has 0 atom stereocenters. The lowest BCUT2D eigenvalue weighted by molar-refractivity contribution is 0.102. The maximum absolute atomic E-state index is 12.4. The Morgan fingerprint density at radius 1 is 1.06 bits per heavy atom. The second-order valence-corrected chi connectivity index (χ2v) is 9.17. The van der Waals surface area contributed by atoms with Crippen molar-refractivity contribution in [2.24, 2.45) is 0 Å². The number of nitrogens with one attached hydrogen (secondary N) is 1. The first-order chi connectivity index (χ1) is 15.0. The van der Waals surface area contributed by atoms with Gasteiger partial charge in [-0.2, -0.15) is 0 Å². The average molecular weight is 440 g/mol. The van der Waals surface area contributed by atoms with Crippen molar-refractivity contribution in [3.63, 3.8) is 0 Å². The van der Waals surface area contributed by atoms with E-state index < -0.39 is 0 Å². The zero-order valence-electron chi connectivity index (χ0n) is 18.3. The molecule has 0 unspecified atom stereocenters. The van der Waals surface area contributed by atoms with Crippen LogP contribution in [0.4, 0.5) is 6.01 Å². The Morgan fingerprint density at radius 3 is 2.48 bits per heavy atom. The number of nitrogens with zero attached hydrogens (tertiary/aromatic N) is 2. The van der Waals surface area contributed by atoms with E-state index in [-0.39, 0.29) is 11.9 Å². The monoisotopic (exact) mass is 439 g/mol. The minimum Gasteiger partial charge on any atom is -0.494 e. The maximum Gasteiger partial charge on any atom is 0.322 e. The van der Waals surface area contributed by atoms with E-state index in [4.69, 9.17) is 9.15 Å². The summed E-state index contributed by atoms with van der Waals surface area (Å²) >= 11 is 1.82. The van der Waals surface area contributed by atoms with Crippen LogP contribution in [0.5, 0.6) is 5.75 Å². The van der Waals surface area contributed by atoms with Gasteiger partial charge in [0.05, 0.1) is 13.0 Å². The molecule has 1 heterocycles. The van der Waals surface area contributed by atoms with Gasteiger partial charge in [-0.05, 0) is 48.4 Å². The third-order valence-electron chi connectivity index (χ3n) is 4.47. The van der Waals surface area contributed by atoms with Crippen molar-refractivity contribution in [2.75, 3.05) is 11.9 Å². The predicted molar refractivity (Wildman–Crippen MR) is 124 cm³/mol. The first-order valence-corrected chi connectivity index (χ1v) is 11.5. The number of hydrogen-bond acceptors (Lipinski definition) is 6. The molecule has 0 saturated heterocycles. The largest absolute Gasteiger partial charge is 0.494 e. The highest BCUT2D eigenvalue weighted by molar-refractivity contribution is 7.99. The molecule has 3 aromatic rings. The second kappa shape index (κ2) is 11.6. The van der Waals surface area contributed by atoms with Crippen LogP contribution in [0.1, 0.15) is 61.8 Å². The number of hydrogen-bond donors (Lipinski definition) is 1. The Hall–Kier alpha value is -2.80. The normalized spacial score (nSPS) is 11.0. The number of thioether (sulfide) groups is 1. The molecule has 0 aliphatic heterocycles. The Labute approximate surface area is 187 Å². The number of ether oxygens (including phenoxy) is 1. The van der Waals surface area contributed by atoms with Crippen LogP contribution >= 0.6 is 11.8 Å². The van der Waals surface area contributed by atoms with Gasteiger partial charge in [-0.25, -0.2) is 0 Å². The number of anilines is 1. The van der Waals surface area contributed by atoms with Crippen LogP contribution in [0.15, 0.2) is 57.8 Å². The van der Waals surface area contributed by atoms with E-state index in [1.165, 1.54) is 4.90 Å². The van der Waals surface area contributed by atoms with Crippen LogP contribution in [0.2, 0.25) is 0 Å². The van der Waals surface area contributed by atoms with Gasteiger partial charge in [0, 0.05) is 15.7 Å². The fraction of sp³-hybridized carbons (Fsp3) is 0.375. The van der Waals surface area contributed by atoms with Crippen LogP contribution in [0.25, 0.3) is 0 Å². The third-order valence-corrected chi connectivity index (χ3v) is 5.49. The molecule has 1 N–H and O–H groups in total. The molecule has 1 amide bonds. The molecule has 1 aromatic heterocycles. The van der Waals surface area contributed by atoms with E-state index in [9.17, 15) is 4.79 Å². The minimum absolute atomic E-state index is 0.0897. The Morgan fingerprint density at radius 2 is 1.81 bits per heavy atom. The Balaban J connectivity index is 1.51. The molecule has 7 heteroatoms. The zero-order valence-corrected chi connectivity index (χ0v) is 19.1. The van der Waals surface area contributed by atoms with Gasteiger partial charge in [0.2, 0.25) is 5.89 Å². The molecule has 0 saturated carbocycles. The standard InChI is InChI=1S/C24H29N3O3S/c1-4-5-6-15-29-20-11-9-19(10-12-20)23(28)25-24-27-26-22(30-24)16-18-7-13-21(14-8-18)31-17(2)3/h7-14,17H,4-6,15-16H2,1-3H3,(H,25,27,28). The summed E-state index contributed by atoms with van der Waals surface area (Å²) < 4.78 is 11.3. The maximum atomic E-state index is 12.4. The van der Waals surface area contributed by atoms with Crippen molar-refractivity contribution in [1.82, 2.24) is 10.2 Å². The number of aromatic nitrogens is 2. The summed E-state index contributed by atoms with van der Waals surface area (Å²) in [6, 6.07) is 15.4. The van der Waals surface area contributed by atoms with Gasteiger partial charge in [-0.1, -0.05) is 50.8 Å². The molecule has 0 spiro atoms. The number of benzene rings is 2. The van der Waals surface area contributed by atoms with Crippen molar-refractivity contribution in [1.29, 1.82) is 0 Å². The van der Waals surface area contributed by atoms with Crippen LogP contribution in [0, 0.1) is 0 Å². The lowest BCUT2D eigenvalue weighted by Gasteiger charge is -2.06. The van der Waals surface area contributed by atoms with E-state index >= 15 is 0 Å². The minimum atomic E-state index is -0.303. The highest BCUT2D eigenvalue weighted by atomic mass is 32.2. The fourth-order valence-corrected chi connectivity index (χ4v) is 3.76. The van der Waals surface area contributed by atoms with Crippen molar-refractivity contribution in [3.8, 4) is 5.75 Å². The summed E-state index contributed by atoms with van der Waals surface area (Å²) in [5.41, 5.74) is 1.57. The number of carbonyl (C=O) groups is 1. The smallest absolute Gasteiger partial charge is 0.322 e. The SMILES string of the molecule is CCCCCOc1ccc(C(=O)Nc2nnc(Cc3ccc(SC(C)C)cc3)o2)cc1. The molecule has 0 fully saturated rings.